The van der Waals surface area contributed by atoms with Crippen molar-refractivity contribution < 1.29 is 14.0 Å². The van der Waals surface area contributed by atoms with E-state index < -0.39 is 6.04 Å². The van der Waals surface area contributed by atoms with Gasteiger partial charge in [-0.25, -0.2) is 4.39 Å². The van der Waals surface area contributed by atoms with E-state index in [9.17, 15) is 14.0 Å². The summed E-state index contributed by atoms with van der Waals surface area (Å²) in [5.74, 6) is 0.470. The summed E-state index contributed by atoms with van der Waals surface area (Å²) in [6.07, 6.45) is 5.54. The van der Waals surface area contributed by atoms with Crippen LogP contribution >= 0.6 is 11.8 Å². The van der Waals surface area contributed by atoms with Crippen molar-refractivity contribution in [1.82, 2.24) is 10.2 Å². The lowest BCUT2D eigenvalue weighted by Gasteiger charge is -2.31. The molecule has 6 heteroatoms. The van der Waals surface area contributed by atoms with Gasteiger partial charge in [0.1, 0.15) is 11.9 Å². The van der Waals surface area contributed by atoms with Crippen LogP contribution in [0.3, 0.4) is 0 Å². The molecule has 1 aliphatic rings. The molecule has 1 unspecified atom stereocenters. The van der Waals surface area contributed by atoms with Crippen LogP contribution in [-0.2, 0) is 21.9 Å². The van der Waals surface area contributed by atoms with Crippen LogP contribution in [0.25, 0.3) is 0 Å². The van der Waals surface area contributed by atoms with E-state index in [1.54, 1.807) is 17.0 Å². The molecule has 0 radical (unpaired) electrons. The number of amides is 2. The minimum atomic E-state index is -0.541. The summed E-state index contributed by atoms with van der Waals surface area (Å²) in [5.41, 5.74) is 1.97. The first-order chi connectivity index (χ1) is 15.0. The summed E-state index contributed by atoms with van der Waals surface area (Å²) >= 11 is 1.48. The molecule has 0 saturated heterocycles. The highest BCUT2D eigenvalue weighted by Crippen LogP contribution is 2.19. The van der Waals surface area contributed by atoms with E-state index in [1.165, 1.54) is 30.3 Å². The second-order valence-electron chi connectivity index (χ2n) is 8.15. The summed E-state index contributed by atoms with van der Waals surface area (Å²) in [4.78, 5) is 27.7. The largest absolute Gasteiger partial charge is 0.352 e. The molecule has 3 rings (SSSR count). The lowest BCUT2D eigenvalue weighted by molar-refractivity contribution is -0.139. The van der Waals surface area contributed by atoms with Gasteiger partial charge < -0.3 is 10.2 Å². The molecule has 4 nitrogen and oxygen atoms in total. The third kappa shape index (κ3) is 7.39. The molecule has 1 N–H and O–H groups in total. The van der Waals surface area contributed by atoms with Crippen molar-refractivity contribution in [1.29, 1.82) is 0 Å². The fourth-order valence-electron chi connectivity index (χ4n) is 3.85. The van der Waals surface area contributed by atoms with Gasteiger partial charge in [0.05, 0.1) is 5.75 Å². The Kier molecular flexibility index (Phi) is 8.95. The van der Waals surface area contributed by atoms with Gasteiger partial charge in [-0.05, 0) is 43.0 Å². The smallest absolute Gasteiger partial charge is 0.242 e. The Morgan fingerprint density at radius 2 is 1.71 bits per heavy atom. The maximum Gasteiger partial charge on any atom is 0.242 e. The number of nitrogens with zero attached hydrogens (tertiary/aromatic N) is 1. The summed E-state index contributed by atoms with van der Waals surface area (Å²) in [6, 6.07) is 15.7. The van der Waals surface area contributed by atoms with E-state index in [-0.39, 0.29) is 29.4 Å². The summed E-state index contributed by atoms with van der Waals surface area (Å²) in [5, 5.41) is 3.15. The zero-order valence-corrected chi connectivity index (χ0v) is 18.9. The number of carbonyl (C=O) groups is 2. The first-order valence-corrected chi connectivity index (χ1v) is 12.1. The first-order valence-electron chi connectivity index (χ1n) is 11.0. The normalized spacial score (nSPS) is 15.3. The Morgan fingerprint density at radius 1 is 1.03 bits per heavy atom. The molecule has 0 spiro atoms. The summed E-state index contributed by atoms with van der Waals surface area (Å²) in [7, 11) is 0. The average Bonchev–Trinajstić information content (AvgIpc) is 2.79. The molecular weight excluding hydrogens is 411 g/mol. The minimum Gasteiger partial charge on any atom is -0.352 e. The molecule has 166 valence electrons. The van der Waals surface area contributed by atoms with Gasteiger partial charge >= 0.3 is 0 Å². The van der Waals surface area contributed by atoms with Crippen molar-refractivity contribution in [2.75, 3.05) is 5.75 Å². The van der Waals surface area contributed by atoms with Crippen molar-refractivity contribution in [3.05, 3.63) is 71.5 Å². The lowest BCUT2D eigenvalue weighted by atomic mass is 9.95. The highest BCUT2D eigenvalue weighted by Gasteiger charge is 2.27. The number of rotatable bonds is 9. The van der Waals surface area contributed by atoms with E-state index >= 15 is 0 Å². The molecule has 1 aliphatic carbocycles. The van der Waals surface area contributed by atoms with E-state index in [0.29, 0.717) is 12.3 Å². The van der Waals surface area contributed by atoms with Gasteiger partial charge in [-0.1, -0.05) is 61.7 Å². The van der Waals surface area contributed by atoms with Crippen LogP contribution in [-0.4, -0.2) is 34.6 Å². The molecular formula is C25H31FN2O2S. The molecule has 2 aromatic carbocycles. The molecule has 31 heavy (non-hydrogen) atoms. The highest BCUT2D eigenvalue weighted by molar-refractivity contribution is 7.99. The third-order valence-corrected chi connectivity index (χ3v) is 6.71. The van der Waals surface area contributed by atoms with Gasteiger partial charge in [-0.3, -0.25) is 9.59 Å². The minimum absolute atomic E-state index is 0.0674. The molecule has 0 heterocycles. The molecule has 0 aliphatic heterocycles. The van der Waals surface area contributed by atoms with Crippen molar-refractivity contribution in [3.8, 4) is 0 Å². The van der Waals surface area contributed by atoms with Crippen LogP contribution in [0.2, 0.25) is 0 Å². The Balaban J connectivity index is 1.61. The van der Waals surface area contributed by atoms with Gasteiger partial charge in [0, 0.05) is 18.3 Å². The topological polar surface area (TPSA) is 49.4 Å². The SMILES string of the molecule is CC(C(=O)NC1CCCCC1)N(Cc1ccccc1)C(=O)CSCc1ccc(F)cc1. The van der Waals surface area contributed by atoms with Gasteiger partial charge in [-0.15, -0.1) is 11.8 Å². The van der Waals surface area contributed by atoms with Gasteiger partial charge in [-0.2, -0.15) is 0 Å². The number of hydrogen-bond donors (Lipinski definition) is 1. The maximum atomic E-state index is 13.1. The maximum absolute atomic E-state index is 13.1. The van der Waals surface area contributed by atoms with Crippen molar-refractivity contribution in [2.45, 2.75) is 63.4 Å². The average molecular weight is 443 g/mol. The molecule has 1 atom stereocenters. The number of hydrogen-bond acceptors (Lipinski definition) is 3. The zero-order valence-electron chi connectivity index (χ0n) is 18.1. The predicted octanol–water partition coefficient (Wildman–Crippen LogP) is 4.93. The second kappa shape index (κ2) is 11.9. The van der Waals surface area contributed by atoms with Crippen LogP contribution in [0.1, 0.15) is 50.2 Å². The number of thioether (sulfide) groups is 1. The summed E-state index contributed by atoms with van der Waals surface area (Å²) in [6.45, 7) is 2.21. The van der Waals surface area contributed by atoms with Crippen molar-refractivity contribution >= 4 is 23.6 Å². The zero-order chi connectivity index (χ0) is 22.1. The first kappa shape index (κ1) is 23.3. The third-order valence-electron chi connectivity index (χ3n) is 5.72. The fourth-order valence-corrected chi connectivity index (χ4v) is 4.72. The Labute approximate surface area is 188 Å². The number of carbonyl (C=O) groups excluding carboxylic acids is 2. The van der Waals surface area contributed by atoms with Gasteiger partial charge in [0.2, 0.25) is 11.8 Å². The molecule has 0 bridgehead atoms. The van der Waals surface area contributed by atoms with Crippen LogP contribution in [0, 0.1) is 5.82 Å². The summed E-state index contributed by atoms with van der Waals surface area (Å²) < 4.78 is 13.1. The molecule has 1 saturated carbocycles. The Morgan fingerprint density at radius 3 is 2.39 bits per heavy atom. The van der Waals surface area contributed by atoms with Crippen molar-refractivity contribution in [3.63, 3.8) is 0 Å². The van der Waals surface area contributed by atoms with Crippen LogP contribution < -0.4 is 5.32 Å². The molecule has 2 aromatic rings. The van der Waals surface area contributed by atoms with Crippen LogP contribution in [0.15, 0.2) is 54.6 Å². The lowest BCUT2D eigenvalue weighted by Crippen LogP contribution is -2.50. The number of benzene rings is 2. The Hall–Kier alpha value is -2.34. The quantitative estimate of drug-likeness (QED) is 0.599. The van der Waals surface area contributed by atoms with Gasteiger partial charge in [0.25, 0.3) is 0 Å². The molecule has 2 amide bonds. The highest BCUT2D eigenvalue weighted by atomic mass is 32.2. The number of nitrogens with one attached hydrogen (secondary N) is 1. The number of halogens is 1. The predicted molar refractivity (Wildman–Crippen MR) is 124 cm³/mol. The van der Waals surface area contributed by atoms with Crippen LogP contribution in [0.4, 0.5) is 4.39 Å². The monoisotopic (exact) mass is 442 g/mol. The molecule has 1 fully saturated rings. The van der Waals surface area contributed by atoms with E-state index in [0.717, 1.165) is 36.8 Å². The second-order valence-corrected chi connectivity index (χ2v) is 9.13. The van der Waals surface area contributed by atoms with E-state index in [1.807, 2.05) is 37.3 Å². The standard InChI is InChI=1S/C25H31FN2O2S/c1-19(25(30)27-23-10-6-3-7-11-23)28(16-20-8-4-2-5-9-20)24(29)18-31-17-21-12-14-22(26)15-13-21/h2,4-5,8-9,12-15,19,23H,3,6-7,10-11,16-18H2,1H3,(H,27,30). The van der Waals surface area contributed by atoms with Crippen LogP contribution in [0.5, 0.6) is 0 Å². The fraction of sp³-hybridized carbons (Fsp3) is 0.440. The molecule has 0 aromatic heterocycles. The van der Waals surface area contributed by atoms with Gasteiger partial charge in [0.15, 0.2) is 0 Å². The Bertz CT molecular complexity index is 838. The van der Waals surface area contributed by atoms with E-state index in [2.05, 4.69) is 5.32 Å². The van der Waals surface area contributed by atoms with E-state index in [4.69, 9.17) is 0 Å². The van der Waals surface area contributed by atoms with Crippen molar-refractivity contribution in [2.24, 2.45) is 0 Å².